The summed E-state index contributed by atoms with van der Waals surface area (Å²) >= 11 is 0. The number of ketones is 1. The van der Waals surface area contributed by atoms with E-state index < -0.39 is 34.4 Å². The van der Waals surface area contributed by atoms with Gasteiger partial charge in [-0.25, -0.2) is 4.79 Å². The lowest BCUT2D eigenvalue weighted by atomic mass is 9.44. The molecule has 6 atom stereocenters. The largest absolute Gasteiger partial charge is 0.497 e. The second-order valence-electron chi connectivity index (χ2n) is 9.81. The van der Waals surface area contributed by atoms with Crippen molar-refractivity contribution in [3.8, 4) is 5.75 Å². The number of nitrogens with zero attached hydrogens (tertiary/aromatic N) is 2. The summed E-state index contributed by atoms with van der Waals surface area (Å²) in [5.74, 6) is -1.12. The zero-order valence-electron chi connectivity index (χ0n) is 19.4. The van der Waals surface area contributed by atoms with Crippen LogP contribution in [0.25, 0.3) is 0 Å². The monoisotopic (exact) mass is 440 g/mol. The van der Waals surface area contributed by atoms with Crippen molar-refractivity contribution in [2.45, 2.75) is 49.8 Å². The fourth-order valence-electron chi connectivity index (χ4n) is 8.07. The molecular formula is C25H32N2O5. The first-order valence-corrected chi connectivity index (χ1v) is 11.4. The van der Waals surface area contributed by atoms with E-state index in [0.29, 0.717) is 6.42 Å². The molecule has 0 aromatic heterocycles. The zero-order valence-corrected chi connectivity index (χ0v) is 19.4. The molecule has 32 heavy (non-hydrogen) atoms. The van der Waals surface area contributed by atoms with Crippen LogP contribution in [0.4, 0.5) is 5.69 Å². The Bertz CT molecular complexity index is 1020. The molecule has 1 saturated heterocycles. The van der Waals surface area contributed by atoms with Crippen molar-refractivity contribution in [2.75, 3.05) is 39.3 Å². The lowest BCUT2D eigenvalue weighted by Gasteiger charge is -2.64. The summed E-state index contributed by atoms with van der Waals surface area (Å²) in [6.45, 7) is 5.20. The Morgan fingerprint density at radius 1 is 1.25 bits per heavy atom. The van der Waals surface area contributed by atoms with E-state index in [2.05, 4.69) is 30.0 Å². The number of rotatable bonds is 4. The normalized spacial score (nSPS) is 39.3. The number of carbonyl (C=O) groups excluding carboxylic acids is 2. The maximum absolute atomic E-state index is 13.5. The molecule has 7 heteroatoms. The van der Waals surface area contributed by atoms with E-state index in [9.17, 15) is 14.7 Å². The van der Waals surface area contributed by atoms with E-state index in [0.717, 1.165) is 36.5 Å². The third-order valence-corrected chi connectivity index (χ3v) is 8.83. The van der Waals surface area contributed by atoms with Crippen molar-refractivity contribution in [1.29, 1.82) is 0 Å². The first-order chi connectivity index (χ1) is 15.2. The molecule has 3 heterocycles. The lowest BCUT2D eigenvalue weighted by molar-refractivity contribution is -0.200. The minimum Gasteiger partial charge on any atom is -0.497 e. The minimum absolute atomic E-state index is 0.00840. The van der Waals surface area contributed by atoms with Gasteiger partial charge in [0.05, 0.1) is 26.2 Å². The number of likely N-dealkylation sites (N-methyl/N-ethyl adjacent to an activating group) is 1. The van der Waals surface area contributed by atoms with Gasteiger partial charge in [-0.05, 0) is 37.9 Å². The Morgan fingerprint density at radius 2 is 2.00 bits per heavy atom. The van der Waals surface area contributed by atoms with Crippen LogP contribution < -0.4 is 9.64 Å². The maximum Gasteiger partial charge on any atom is 0.340 e. The second kappa shape index (κ2) is 6.81. The molecule has 1 N–H and O–H groups in total. The van der Waals surface area contributed by atoms with Crippen LogP contribution in [0.1, 0.15) is 32.3 Å². The van der Waals surface area contributed by atoms with Crippen LogP contribution in [-0.4, -0.2) is 73.8 Å². The maximum atomic E-state index is 13.5. The summed E-state index contributed by atoms with van der Waals surface area (Å²) in [5, 5.41) is 12.4. The van der Waals surface area contributed by atoms with Crippen LogP contribution >= 0.6 is 0 Å². The summed E-state index contributed by atoms with van der Waals surface area (Å²) in [4.78, 5) is 31.2. The molecule has 1 aromatic carbocycles. The molecule has 1 aromatic rings. The Hall–Kier alpha value is -2.38. The predicted molar refractivity (Wildman–Crippen MR) is 120 cm³/mol. The molecule has 172 valence electrons. The number of esters is 1. The second-order valence-corrected chi connectivity index (χ2v) is 9.81. The number of fused-ring (bicyclic) bond motifs is 1. The first-order valence-electron chi connectivity index (χ1n) is 11.4. The van der Waals surface area contributed by atoms with Crippen molar-refractivity contribution in [1.82, 2.24) is 4.90 Å². The highest BCUT2D eigenvalue weighted by Gasteiger charge is 2.79. The number of benzene rings is 1. The molecule has 0 radical (unpaired) electrons. The van der Waals surface area contributed by atoms with Crippen molar-refractivity contribution >= 4 is 17.4 Å². The van der Waals surface area contributed by atoms with Gasteiger partial charge in [-0.2, -0.15) is 0 Å². The zero-order chi connectivity index (χ0) is 23.1. The van der Waals surface area contributed by atoms with E-state index in [4.69, 9.17) is 9.47 Å². The van der Waals surface area contributed by atoms with E-state index >= 15 is 0 Å². The van der Waals surface area contributed by atoms with E-state index in [1.165, 1.54) is 14.0 Å². The Balaban J connectivity index is 1.89. The van der Waals surface area contributed by atoms with Gasteiger partial charge in [0, 0.05) is 42.2 Å². The Kier molecular flexibility index (Phi) is 4.57. The highest BCUT2D eigenvalue weighted by Crippen LogP contribution is 2.68. The summed E-state index contributed by atoms with van der Waals surface area (Å²) < 4.78 is 10.7. The fraction of sp³-hybridized carbons (Fsp3) is 0.600. The molecule has 7 nitrogen and oxygen atoms in total. The number of methoxy groups -OCH3 is 2. The highest BCUT2D eigenvalue weighted by atomic mass is 16.5. The van der Waals surface area contributed by atoms with E-state index in [1.54, 1.807) is 7.11 Å². The molecular weight excluding hydrogens is 408 g/mol. The molecule has 6 unspecified atom stereocenters. The number of aliphatic hydroxyl groups is 1. The first kappa shape index (κ1) is 21.5. The molecule has 0 amide bonds. The average molecular weight is 441 g/mol. The Morgan fingerprint density at radius 3 is 2.62 bits per heavy atom. The van der Waals surface area contributed by atoms with Crippen molar-refractivity contribution in [3.63, 3.8) is 0 Å². The fourth-order valence-corrected chi connectivity index (χ4v) is 8.07. The van der Waals surface area contributed by atoms with Crippen LogP contribution in [0, 0.1) is 11.3 Å². The quantitative estimate of drug-likeness (QED) is 0.566. The smallest absolute Gasteiger partial charge is 0.340 e. The summed E-state index contributed by atoms with van der Waals surface area (Å²) in [5.41, 5.74) is -1.15. The third kappa shape index (κ3) is 2.19. The van der Waals surface area contributed by atoms with Gasteiger partial charge in [0.15, 0.2) is 5.60 Å². The Labute approximate surface area is 189 Å². The van der Waals surface area contributed by atoms with E-state index in [1.807, 2.05) is 24.1 Å². The molecule has 0 bridgehead atoms. The number of carbonyl (C=O) groups is 2. The lowest BCUT2D eigenvalue weighted by Crippen LogP contribution is -2.79. The van der Waals surface area contributed by atoms with Crippen molar-refractivity contribution < 1.29 is 24.2 Å². The molecule has 2 fully saturated rings. The van der Waals surface area contributed by atoms with Gasteiger partial charge in [0.2, 0.25) is 0 Å². The SMILES string of the molecule is CCC12C=CCN3CCC4(c5ccc(OC)cc5N(C)C4C(O)(C(=O)OC)C1C(C)=O)C32. The predicted octanol–water partition coefficient (Wildman–Crippen LogP) is 1.91. The van der Waals surface area contributed by atoms with Gasteiger partial charge in [-0.3, -0.25) is 9.69 Å². The standard InChI is InChI=1S/C25H32N2O5/c1-6-23-10-7-12-27-13-11-24(20(23)27)17-9-8-16(31-4)14-18(17)26(3)21(24)25(30,22(29)32-5)19(23)15(2)28/h7-10,14,19-21,30H,6,11-13H2,1-5H3. The molecule has 1 aliphatic carbocycles. The van der Waals surface area contributed by atoms with E-state index in [-0.39, 0.29) is 11.8 Å². The van der Waals surface area contributed by atoms with Crippen LogP contribution in [0.5, 0.6) is 5.75 Å². The van der Waals surface area contributed by atoms with Gasteiger partial charge in [-0.1, -0.05) is 25.1 Å². The highest BCUT2D eigenvalue weighted by molar-refractivity contribution is 5.94. The summed E-state index contributed by atoms with van der Waals surface area (Å²) in [7, 11) is 4.82. The molecule has 3 aliphatic heterocycles. The molecule has 1 spiro atoms. The molecule has 1 saturated carbocycles. The van der Waals surface area contributed by atoms with Gasteiger partial charge in [0.25, 0.3) is 0 Å². The van der Waals surface area contributed by atoms with Crippen molar-refractivity contribution in [2.24, 2.45) is 11.3 Å². The van der Waals surface area contributed by atoms with Crippen LogP contribution in [-0.2, 0) is 19.7 Å². The van der Waals surface area contributed by atoms with Gasteiger partial charge < -0.3 is 19.5 Å². The van der Waals surface area contributed by atoms with Gasteiger partial charge >= 0.3 is 5.97 Å². The summed E-state index contributed by atoms with van der Waals surface area (Å²) in [6, 6.07) is 5.37. The third-order valence-electron chi connectivity index (χ3n) is 8.83. The number of Topliss-reactive ketones (excluding diaryl/α,β-unsaturated/α-hetero) is 1. The topological polar surface area (TPSA) is 79.3 Å². The number of ether oxygens (including phenoxy) is 2. The van der Waals surface area contributed by atoms with Gasteiger partial charge in [0.1, 0.15) is 11.5 Å². The summed E-state index contributed by atoms with van der Waals surface area (Å²) in [6.07, 6.45) is 5.64. The van der Waals surface area contributed by atoms with Crippen molar-refractivity contribution in [3.05, 3.63) is 35.9 Å². The average Bonchev–Trinajstić information content (AvgIpc) is 3.30. The molecule has 4 aliphatic rings. The number of hydrogen-bond acceptors (Lipinski definition) is 7. The van der Waals surface area contributed by atoms with Crippen LogP contribution in [0.15, 0.2) is 30.4 Å². The van der Waals surface area contributed by atoms with Crippen LogP contribution in [0.2, 0.25) is 0 Å². The molecule has 5 rings (SSSR count). The number of hydrogen-bond donors (Lipinski definition) is 1. The van der Waals surface area contributed by atoms with Gasteiger partial charge in [-0.15, -0.1) is 0 Å². The van der Waals surface area contributed by atoms with Crippen LogP contribution in [0.3, 0.4) is 0 Å². The minimum atomic E-state index is -1.99. The number of anilines is 1.